The number of methoxy groups -OCH3 is 1. The molecule has 0 unspecified atom stereocenters. The summed E-state index contributed by atoms with van der Waals surface area (Å²) in [4.78, 5) is 4.57. The highest BCUT2D eigenvalue weighted by Crippen LogP contribution is 2.34. The van der Waals surface area contributed by atoms with E-state index in [9.17, 15) is 0 Å². The van der Waals surface area contributed by atoms with E-state index in [0.717, 1.165) is 26.9 Å². The van der Waals surface area contributed by atoms with Crippen LogP contribution in [-0.2, 0) is 0 Å². The zero-order chi connectivity index (χ0) is 14.3. The molecule has 0 saturated carbocycles. The number of nitrogens with zero attached hydrogens (tertiary/aromatic N) is 1. The summed E-state index contributed by atoms with van der Waals surface area (Å²) in [5.41, 5.74) is 4.91. The second-order valence-electron chi connectivity index (χ2n) is 4.73. The Labute approximate surface area is 125 Å². The number of rotatable bonds is 2. The van der Waals surface area contributed by atoms with Crippen molar-refractivity contribution >= 4 is 27.0 Å². The summed E-state index contributed by atoms with van der Waals surface area (Å²) in [6, 6.07) is 9.74. The van der Waals surface area contributed by atoms with Gasteiger partial charge in [0.05, 0.1) is 11.6 Å². The Morgan fingerprint density at radius 3 is 2.75 bits per heavy atom. The molecule has 0 atom stereocenters. The minimum absolute atomic E-state index is 0.601. The van der Waals surface area contributed by atoms with Crippen molar-refractivity contribution in [1.29, 1.82) is 0 Å². The predicted molar refractivity (Wildman–Crippen MR) is 83.2 cm³/mol. The van der Waals surface area contributed by atoms with E-state index in [1.165, 1.54) is 11.1 Å². The molecule has 0 aliphatic heterocycles. The molecule has 2 aromatic carbocycles. The van der Waals surface area contributed by atoms with Crippen molar-refractivity contribution in [2.24, 2.45) is 0 Å². The molecule has 1 heterocycles. The number of ether oxygens (including phenoxy) is 1. The average molecular weight is 332 g/mol. The Morgan fingerprint density at radius 1 is 1.20 bits per heavy atom. The number of benzene rings is 2. The van der Waals surface area contributed by atoms with Gasteiger partial charge < -0.3 is 9.15 Å². The van der Waals surface area contributed by atoms with E-state index < -0.39 is 0 Å². The highest BCUT2D eigenvalue weighted by Gasteiger charge is 2.14. The zero-order valence-electron chi connectivity index (χ0n) is 11.5. The van der Waals surface area contributed by atoms with E-state index in [0.29, 0.717) is 5.89 Å². The van der Waals surface area contributed by atoms with Gasteiger partial charge in [-0.15, -0.1) is 0 Å². The van der Waals surface area contributed by atoms with Crippen molar-refractivity contribution in [3.63, 3.8) is 0 Å². The molecule has 0 N–H and O–H groups in total. The van der Waals surface area contributed by atoms with Gasteiger partial charge in [0.25, 0.3) is 0 Å². The van der Waals surface area contributed by atoms with Crippen molar-refractivity contribution in [3.8, 4) is 17.2 Å². The SMILES string of the molecule is COc1cccc(-c2nc3cc(C)c(C)c(Br)c3o2)c1. The Hall–Kier alpha value is -1.81. The van der Waals surface area contributed by atoms with Crippen molar-refractivity contribution in [3.05, 3.63) is 45.9 Å². The van der Waals surface area contributed by atoms with E-state index in [1.807, 2.05) is 30.3 Å². The number of aromatic nitrogens is 1. The molecule has 1 aromatic heterocycles. The summed E-state index contributed by atoms with van der Waals surface area (Å²) in [6.07, 6.45) is 0. The van der Waals surface area contributed by atoms with Crippen LogP contribution in [0.2, 0.25) is 0 Å². The highest BCUT2D eigenvalue weighted by molar-refractivity contribution is 9.10. The lowest BCUT2D eigenvalue weighted by Crippen LogP contribution is -1.84. The molecule has 0 radical (unpaired) electrons. The number of halogens is 1. The van der Waals surface area contributed by atoms with Crippen LogP contribution in [-0.4, -0.2) is 12.1 Å². The third-order valence-electron chi connectivity index (χ3n) is 3.44. The molecule has 0 aliphatic carbocycles. The first kappa shape index (κ1) is 13.2. The van der Waals surface area contributed by atoms with E-state index in [2.05, 4.69) is 34.8 Å². The molecule has 0 fully saturated rings. The smallest absolute Gasteiger partial charge is 0.227 e. The fourth-order valence-electron chi connectivity index (χ4n) is 2.12. The van der Waals surface area contributed by atoms with Gasteiger partial charge in [-0.1, -0.05) is 6.07 Å². The molecular weight excluding hydrogens is 318 g/mol. The van der Waals surface area contributed by atoms with Gasteiger partial charge in [0.2, 0.25) is 5.89 Å². The molecule has 3 rings (SSSR count). The predicted octanol–water partition coefficient (Wildman–Crippen LogP) is 4.88. The van der Waals surface area contributed by atoms with E-state index in [-0.39, 0.29) is 0 Å². The van der Waals surface area contributed by atoms with Crippen LogP contribution in [0.25, 0.3) is 22.6 Å². The van der Waals surface area contributed by atoms with Gasteiger partial charge in [0.15, 0.2) is 5.58 Å². The first-order valence-corrected chi connectivity index (χ1v) is 7.10. The Morgan fingerprint density at radius 2 is 2.00 bits per heavy atom. The molecule has 20 heavy (non-hydrogen) atoms. The molecule has 3 nitrogen and oxygen atoms in total. The average Bonchev–Trinajstić information content (AvgIpc) is 2.89. The minimum Gasteiger partial charge on any atom is -0.497 e. The fourth-order valence-corrected chi connectivity index (χ4v) is 2.72. The summed E-state index contributed by atoms with van der Waals surface area (Å²) >= 11 is 3.59. The Bertz CT molecular complexity index is 793. The normalized spacial score (nSPS) is 11.0. The van der Waals surface area contributed by atoms with Gasteiger partial charge in [0, 0.05) is 5.56 Å². The zero-order valence-corrected chi connectivity index (χ0v) is 13.1. The van der Waals surface area contributed by atoms with Crippen LogP contribution >= 0.6 is 15.9 Å². The molecule has 0 spiro atoms. The Kier molecular flexibility index (Phi) is 3.26. The van der Waals surface area contributed by atoms with Crippen LogP contribution in [0.15, 0.2) is 39.2 Å². The highest BCUT2D eigenvalue weighted by atomic mass is 79.9. The van der Waals surface area contributed by atoms with Gasteiger partial charge in [0.1, 0.15) is 11.3 Å². The second kappa shape index (κ2) is 4.94. The summed E-state index contributed by atoms with van der Waals surface area (Å²) in [5.74, 6) is 1.39. The lowest BCUT2D eigenvalue weighted by molar-refractivity contribution is 0.415. The van der Waals surface area contributed by atoms with Gasteiger partial charge in [-0.05, 0) is 65.2 Å². The van der Waals surface area contributed by atoms with Crippen molar-refractivity contribution < 1.29 is 9.15 Å². The van der Waals surface area contributed by atoms with Crippen LogP contribution in [0.3, 0.4) is 0 Å². The summed E-state index contributed by atoms with van der Waals surface area (Å²) < 4.78 is 12.1. The van der Waals surface area contributed by atoms with Crippen molar-refractivity contribution in [2.45, 2.75) is 13.8 Å². The van der Waals surface area contributed by atoms with Gasteiger partial charge in [-0.3, -0.25) is 0 Å². The first-order chi connectivity index (χ1) is 9.60. The maximum Gasteiger partial charge on any atom is 0.227 e. The topological polar surface area (TPSA) is 35.3 Å². The molecular formula is C16H14BrNO2. The van der Waals surface area contributed by atoms with Crippen LogP contribution in [0.5, 0.6) is 5.75 Å². The van der Waals surface area contributed by atoms with Crippen LogP contribution < -0.4 is 4.74 Å². The largest absolute Gasteiger partial charge is 0.497 e. The number of oxazole rings is 1. The Balaban J connectivity index is 2.20. The molecule has 102 valence electrons. The van der Waals surface area contributed by atoms with Crippen molar-refractivity contribution in [2.75, 3.05) is 7.11 Å². The first-order valence-electron chi connectivity index (χ1n) is 6.31. The molecule has 0 saturated heterocycles. The van der Waals surface area contributed by atoms with Gasteiger partial charge in [-0.25, -0.2) is 4.98 Å². The molecule has 0 bridgehead atoms. The van der Waals surface area contributed by atoms with E-state index >= 15 is 0 Å². The lowest BCUT2D eigenvalue weighted by atomic mass is 10.1. The second-order valence-corrected chi connectivity index (χ2v) is 5.52. The standard InChI is InChI=1S/C16H14BrNO2/c1-9-7-13-15(14(17)10(9)2)20-16(18-13)11-5-4-6-12(8-11)19-3/h4-8H,1-3H3. The van der Waals surface area contributed by atoms with Crippen LogP contribution in [0.4, 0.5) is 0 Å². The van der Waals surface area contributed by atoms with E-state index in [1.54, 1.807) is 7.11 Å². The monoisotopic (exact) mass is 331 g/mol. The molecule has 0 amide bonds. The van der Waals surface area contributed by atoms with E-state index in [4.69, 9.17) is 9.15 Å². The van der Waals surface area contributed by atoms with Gasteiger partial charge >= 0.3 is 0 Å². The number of fused-ring (bicyclic) bond motifs is 1. The number of hydrogen-bond donors (Lipinski definition) is 0. The molecule has 0 aliphatic rings. The maximum absolute atomic E-state index is 5.91. The fraction of sp³-hybridized carbons (Fsp3) is 0.188. The summed E-state index contributed by atoms with van der Waals surface area (Å²) in [7, 11) is 1.65. The quantitative estimate of drug-likeness (QED) is 0.671. The third kappa shape index (κ3) is 2.10. The summed E-state index contributed by atoms with van der Waals surface area (Å²) in [5, 5.41) is 0. The number of aryl methyl sites for hydroxylation is 1. The van der Waals surface area contributed by atoms with Crippen molar-refractivity contribution in [1.82, 2.24) is 4.98 Å². The maximum atomic E-state index is 5.91. The van der Waals surface area contributed by atoms with Gasteiger partial charge in [-0.2, -0.15) is 0 Å². The minimum atomic E-state index is 0.601. The van der Waals surface area contributed by atoms with Crippen LogP contribution in [0, 0.1) is 13.8 Å². The molecule has 4 heteroatoms. The molecule has 3 aromatic rings. The lowest BCUT2D eigenvalue weighted by Gasteiger charge is -2.01. The third-order valence-corrected chi connectivity index (χ3v) is 4.40. The summed E-state index contributed by atoms with van der Waals surface area (Å²) in [6.45, 7) is 4.13. The van der Waals surface area contributed by atoms with Crippen LogP contribution in [0.1, 0.15) is 11.1 Å². The number of hydrogen-bond acceptors (Lipinski definition) is 3.